The van der Waals surface area contributed by atoms with E-state index < -0.39 is 0 Å². The van der Waals surface area contributed by atoms with E-state index in [1.165, 1.54) is 5.56 Å². The SMILES string of the molecule is Oc1ccc2[nH]cc(CCNCc3ccc(Cl)o3)c2c1. The highest BCUT2D eigenvalue weighted by atomic mass is 35.5. The Kier molecular flexibility index (Phi) is 3.67. The zero-order valence-corrected chi connectivity index (χ0v) is 11.6. The van der Waals surface area contributed by atoms with Crippen molar-refractivity contribution in [3.63, 3.8) is 0 Å². The Bertz CT molecular complexity index is 718. The second kappa shape index (κ2) is 5.61. The smallest absolute Gasteiger partial charge is 0.193 e. The van der Waals surface area contributed by atoms with Gasteiger partial charge >= 0.3 is 0 Å². The van der Waals surface area contributed by atoms with Crippen molar-refractivity contribution in [2.45, 2.75) is 13.0 Å². The summed E-state index contributed by atoms with van der Waals surface area (Å²) >= 11 is 5.71. The number of hydrogen-bond acceptors (Lipinski definition) is 3. The Balaban J connectivity index is 1.58. The maximum Gasteiger partial charge on any atom is 0.193 e. The molecule has 104 valence electrons. The number of phenols is 1. The molecule has 3 N–H and O–H groups in total. The number of rotatable bonds is 5. The molecular formula is C15H15ClN2O2. The van der Waals surface area contributed by atoms with Crippen LogP contribution < -0.4 is 5.32 Å². The molecule has 0 spiro atoms. The zero-order chi connectivity index (χ0) is 13.9. The molecule has 0 fully saturated rings. The average Bonchev–Trinajstić information content (AvgIpc) is 3.01. The number of H-pyrrole nitrogens is 1. The van der Waals surface area contributed by atoms with Crippen molar-refractivity contribution in [1.29, 1.82) is 0 Å². The van der Waals surface area contributed by atoms with Crippen LogP contribution in [0.15, 0.2) is 40.9 Å². The van der Waals surface area contributed by atoms with Gasteiger partial charge in [-0.05, 0) is 60.5 Å². The van der Waals surface area contributed by atoms with Crippen molar-refractivity contribution in [2.24, 2.45) is 0 Å². The van der Waals surface area contributed by atoms with Crippen molar-refractivity contribution in [3.8, 4) is 5.75 Å². The molecular weight excluding hydrogens is 276 g/mol. The number of halogens is 1. The van der Waals surface area contributed by atoms with Crippen LogP contribution in [0.4, 0.5) is 0 Å². The molecule has 0 atom stereocenters. The average molecular weight is 291 g/mol. The largest absolute Gasteiger partial charge is 0.508 e. The van der Waals surface area contributed by atoms with Crippen LogP contribution in [0.5, 0.6) is 5.75 Å². The van der Waals surface area contributed by atoms with Crippen LogP contribution in [0.3, 0.4) is 0 Å². The summed E-state index contributed by atoms with van der Waals surface area (Å²) in [4.78, 5) is 3.20. The number of benzene rings is 1. The number of fused-ring (bicyclic) bond motifs is 1. The normalized spacial score (nSPS) is 11.2. The van der Waals surface area contributed by atoms with Crippen LogP contribution in [0.25, 0.3) is 10.9 Å². The number of aromatic hydroxyl groups is 1. The maximum atomic E-state index is 9.54. The minimum atomic E-state index is 0.288. The molecule has 2 heterocycles. The lowest BCUT2D eigenvalue weighted by molar-refractivity contribution is 0.476. The maximum absolute atomic E-state index is 9.54. The van der Waals surface area contributed by atoms with Crippen molar-refractivity contribution in [3.05, 3.63) is 53.1 Å². The Labute approximate surface area is 121 Å². The molecule has 0 aliphatic heterocycles. The molecule has 4 nitrogen and oxygen atoms in total. The number of furan rings is 1. The van der Waals surface area contributed by atoms with Crippen molar-refractivity contribution < 1.29 is 9.52 Å². The Morgan fingerprint density at radius 2 is 2.15 bits per heavy atom. The topological polar surface area (TPSA) is 61.2 Å². The fourth-order valence-electron chi connectivity index (χ4n) is 2.25. The summed E-state index contributed by atoms with van der Waals surface area (Å²) in [6.45, 7) is 1.47. The Morgan fingerprint density at radius 3 is 2.95 bits per heavy atom. The molecule has 0 aliphatic carbocycles. The third-order valence-electron chi connectivity index (χ3n) is 3.25. The molecule has 3 aromatic rings. The van der Waals surface area contributed by atoms with Gasteiger partial charge in [0.2, 0.25) is 0 Å². The summed E-state index contributed by atoms with van der Waals surface area (Å²) in [7, 11) is 0. The van der Waals surface area contributed by atoms with Gasteiger partial charge in [0, 0.05) is 17.1 Å². The molecule has 5 heteroatoms. The molecule has 1 aromatic carbocycles. The molecule has 20 heavy (non-hydrogen) atoms. The van der Waals surface area contributed by atoms with E-state index in [1.54, 1.807) is 18.2 Å². The van der Waals surface area contributed by atoms with E-state index in [0.717, 1.165) is 29.6 Å². The second-order valence-electron chi connectivity index (χ2n) is 4.68. The van der Waals surface area contributed by atoms with Gasteiger partial charge in [-0.2, -0.15) is 0 Å². The van der Waals surface area contributed by atoms with E-state index in [9.17, 15) is 5.11 Å². The zero-order valence-electron chi connectivity index (χ0n) is 10.8. The molecule has 0 unspecified atom stereocenters. The van der Waals surface area contributed by atoms with E-state index in [-0.39, 0.29) is 5.75 Å². The fourth-order valence-corrected chi connectivity index (χ4v) is 2.42. The first-order valence-electron chi connectivity index (χ1n) is 6.46. The number of nitrogens with one attached hydrogen (secondary N) is 2. The number of hydrogen-bond donors (Lipinski definition) is 3. The van der Waals surface area contributed by atoms with Crippen molar-refractivity contribution in [1.82, 2.24) is 10.3 Å². The number of aromatic nitrogens is 1. The van der Waals surface area contributed by atoms with Gasteiger partial charge in [0.1, 0.15) is 11.5 Å². The third kappa shape index (κ3) is 2.81. The number of phenolic OH excluding ortho intramolecular Hbond substituents is 1. The second-order valence-corrected chi connectivity index (χ2v) is 5.05. The van der Waals surface area contributed by atoms with Crippen LogP contribution >= 0.6 is 11.6 Å². The molecule has 0 saturated heterocycles. The molecule has 2 aromatic heterocycles. The van der Waals surface area contributed by atoms with Gasteiger partial charge in [-0.3, -0.25) is 0 Å². The van der Waals surface area contributed by atoms with E-state index in [0.29, 0.717) is 11.8 Å². The van der Waals surface area contributed by atoms with Crippen LogP contribution in [0.2, 0.25) is 5.22 Å². The molecule has 0 amide bonds. The van der Waals surface area contributed by atoms with E-state index in [1.807, 2.05) is 18.3 Å². The van der Waals surface area contributed by atoms with E-state index in [4.69, 9.17) is 16.0 Å². The first-order valence-corrected chi connectivity index (χ1v) is 6.84. The molecule has 0 saturated carbocycles. The predicted molar refractivity (Wildman–Crippen MR) is 79.1 cm³/mol. The van der Waals surface area contributed by atoms with Gasteiger partial charge in [-0.1, -0.05) is 0 Å². The number of aromatic amines is 1. The highest BCUT2D eigenvalue weighted by molar-refractivity contribution is 6.28. The highest BCUT2D eigenvalue weighted by Crippen LogP contribution is 2.23. The van der Waals surface area contributed by atoms with Crippen LogP contribution in [0, 0.1) is 0 Å². The first kappa shape index (κ1) is 13.1. The van der Waals surface area contributed by atoms with Crippen LogP contribution in [-0.2, 0) is 13.0 Å². The van der Waals surface area contributed by atoms with Gasteiger partial charge in [0.15, 0.2) is 5.22 Å². The Hall–Kier alpha value is -1.91. The van der Waals surface area contributed by atoms with Crippen LogP contribution in [-0.4, -0.2) is 16.6 Å². The van der Waals surface area contributed by atoms with Gasteiger partial charge in [-0.15, -0.1) is 0 Å². The van der Waals surface area contributed by atoms with Gasteiger partial charge in [0.05, 0.1) is 6.54 Å². The molecule has 0 bridgehead atoms. The summed E-state index contributed by atoms with van der Waals surface area (Å²) in [5.74, 6) is 1.11. The molecule has 0 radical (unpaired) electrons. The predicted octanol–water partition coefficient (Wildman–Crippen LogP) is 3.45. The quantitative estimate of drug-likeness (QED) is 0.631. The monoisotopic (exact) mass is 290 g/mol. The molecule has 3 rings (SSSR count). The summed E-state index contributed by atoms with van der Waals surface area (Å²) in [6, 6.07) is 8.95. The summed E-state index contributed by atoms with van der Waals surface area (Å²) < 4.78 is 5.27. The van der Waals surface area contributed by atoms with E-state index in [2.05, 4.69) is 10.3 Å². The van der Waals surface area contributed by atoms with E-state index >= 15 is 0 Å². The lowest BCUT2D eigenvalue weighted by Crippen LogP contribution is -2.16. The highest BCUT2D eigenvalue weighted by Gasteiger charge is 2.05. The lowest BCUT2D eigenvalue weighted by Gasteiger charge is -2.02. The summed E-state index contributed by atoms with van der Waals surface area (Å²) in [6.07, 6.45) is 2.85. The summed E-state index contributed by atoms with van der Waals surface area (Å²) in [5, 5.41) is 14.3. The minimum absolute atomic E-state index is 0.288. The first-order chi connectivity index (χ1) is 9.72. The van der Waals surface area contributed by atoms with Crippen molar-refractivity contribution >= 4 is 22.5 Å². The Morgan fingerprint density at radius 1 is 1.25 bits per heavy atom. The van der Waals surface area contributed by atoms with Gasteiger partial charge in [0.25, 0.3) is 0 Å². The van der Waals surface area contributed by atoms with Gasteiger partial charge < -0.3 is 19.8 Å². The summed E-state index contributed by atoms with van der Waals surface area (Å²) in [5.41, 5.74) is 2.22. The lowest BCUT2D eigenvalue weighted by atomic mass is 10.1. The van der Waals surface area contributed by atoms with Crippen molar-refractivity contribution in [2.75, 3.05) is 6.54 Å². The minimum Gasteiger partial charge on any atom is -0.508 e. The van der Waals surface area contributed by atoms with Crippen LogP contribution in [0.1, 0.15) is 11.3 Å². The molecule has 0 aliphatic rings. The van der Waals surface area contributed by atoms with Gasteiger partial charge in [-0.25, -0.2) is 0 Å². The third-order valence-corrected chi connectivity index (χ3v) is 3.45. The standard InChI is InChI=1S/C15H15ClN2O2/c16-15-4-2-12(20-15)9-17-6-5-10-8-18-14-3-1-11(19)7-13(10)14/h1-4,7-8,17-19H,5-6,9H2. The fraction of sp³-hybridized carbons (Fsp3) is 0.200.